The second-order valence-electron chi connectivity index (χ2n) is 9.74. The Bertz CT molecular complexity index is 1470. The standard InChI is InChI=1S/C33H38N4O4S/c1-3-5-20-40-21-22-41-30-14-10-27(11-15-30)28-8-6-7-26(23-28)9-18-33(38)35-29-12-16-31(17-13-29)42(39)24-32-36-34-25-37(32)19-4-2/h6-18,23,25H,3-5,19-22,24H2,1-2H3,(H,35,38)/b18-9+/t42-/m0/s1. The molecule has 1 N–H and O–H groups in total. The Kier molecular flexibility index (Phi) is 12.0. The molecule has 0 radical (unpaired) electrons. The monoisotopic (exact) mass is 586 g/mol. The van der Waals surface area contributed by atoms with Crippen molar-refractivity contribution in [3.05, 3.63) is 96.6 Å². The molecule has 0 aliphatic carbocycles. The average molecular weight is 587 g/mol. The Balaban J connectivity index is 1.27. The highest BCUT2D eigenvalue weighted by Gasteiger charge is 2.11. The number of rotatable bonds is 16. The predicted molar refractivity (Wildman–Crippen MR) is 168 cm³/mol. The molecular formula is C33H38N4O4S. The van der Waals surface area contributed by atoms with Gasteiger partial charge in [-0.25, -0.2) is 0 Å². The number of aryl methyl sites for hydroxylation is 1. The molecule has 9 heteroatoms. The van der Waals surface area contributed by atoms with E-state index >= 15 is 0 Å². The summed E-state index contributed by atoms with van der Waals surface area (Å²) in [6, 6.07) is 23.0. The van der Waals surface area contributed by atoms with Gasteiger partial charge in [-0.15, -0.1) is 10.2 Å². The molecule has 0 saturated carbocycles. The van der Waals surface area contributed by atoms with Crippen LogP contribution in [0.25, 0.3) is 17.2 Å². The molecule has 4 aromatic rings. The first-order valence-electron chi connectivity index (χ1n) is 14.3. The summed E-state index contributed by atoms with van der Waals surface area (Å²) in [5.74, 6) is 1.55. The molecule has 1 amide bonds. The molecule has 1 heterocycles. The van der Waals surface area contributed by atoms with Crippen molar-refractivity contribution in [1.29, 1.82) is 0 Å². The van der Waals surface area contributed by atoms with E-state index in [2.05, 4.69) is 29.4 Å². The predicted octanol–water partition coefficient (Wildman–Crippen LogP) is 6.51. The third-order valence-electron chi connectivity index (χ3n) is 6.45. The van der Waals surface area contributed by atoms with Crippen molar-refractivity contribution in [3.63, 3.8) is 0 Å². The first-order chi connectivity index (χ1) is 20.6. The van der Waals surface area contributed by atoms with Crippen molar-refractivity contribution in [2.75, 3.05) is 25.1 Å². The maximum atomic E-state index is 12.8. The lowest BCUT2D eigenvalue weighted by molar-refractivity contribution is -0.111. The van der Waals surface area contributed by atoms with Crippen LogP contribution in [0.1, 0.15) is 44.5 Å². The number of ether oxygens (including phenoxy) is 2. The van der Waals surface area contributed by atoms with Crippen LogP contribution in [0.2, 0.25) is 0 Å². The molecule has 220 valence electrons. The van der Waals surface area contributed by atoms with Crippen molar-refractivity contribution >= 4 is 28.5 Å². The number of amides is 1. The van der Waals surface area contributed by atoms with Crippen molar-refractivity contribution in [2.24, 2.45) is 0 Å². The van der Waals surface area contributed by atoms with Gasteiger partial charge in [-0.2, -0.15) is 0 Å². The number of carbonyl (C=O) groups is 1. The van der Waals surface area contributed by atoms with Gasteiger partial charge in [0, 0.05) is 29.8 Å². The molecule has 0 spiro atoms. The van der Waals surface area contributed by atoms with Crippen LogP contribution in [0.5, 0.6) is 5.75 Å². The second-order valence-corrected chi connectivity index (χ2v) is 11.2. The van der Waals surface area contributed by atoms with Crippen molar-refractivity contribution in [1.82, 2.24) is 14.8 Å². The highest BCUT2D eigenvalue weighted by molar-refractivity contribution is 7.84. The zero-order valence-corrected chi connectivity index (χ0v) is 25.0. The molecule has 0 saturated heterocycles. The van der Waals surface area contributed by atoms with Crippen LogP contribution in [0.3, 0.4) is 0 Å². The fraction of sp³-hybridized carbons (Fsp3) is 0.303. The Hall–Kier alpha value is -4.08. The third kappa shape index (κ3) is 9.49. The summed E-state index contributed by atoms with van der Waals surface area (Å²) in [6.45, 7) is 6.89. The topological polar surface area (TPSA) is 95.3 Å². The van der Waals surface area contributed by atoms with Gasteiger partial charge in [-0.1, -0.05) is 50.6 Å². The summed E-state index contributed by atoms with van der Waals surface area (Å²) in [6.07, 6.45) is 8.10. The fourth-order valence-corrected chi connectivity index (χ4v) is 5.26. The second kappa shape index (κ2) is 16.4. The van der Waals surface area contributed by atoms with Crippen LogP contribution < -0.4 is 10.1 Å². The molecule has 0 bridgehead atoms. The normalized spacial score (nSPS) is 12.0. The highest BCUT2D eigenvalue weighted by Crippen LogP contribution is 2.24. The molecular weight excluding hydrogens is 548 g/mol. The Morgan fingerprint density at radius 3 is 2.52 bits per heavy atom. The molecule has 3 aromatic carbocycles. The summed E-state index contributed by atoms with van der Waals surface area (Å²) in [7, 11) is -1.26. The molecule has 42 heavy (non-hydrogen) atoms. The van der Waals surface area contributed by atoms with E-state index in [0.29, 0.717) is 35.4 Å². The van der Waals surface area contributed by atoms with E-state index in [1.807, 2.05) is 53.1 Å². The maximum Gasteiger partial charge on any atom is 0.248 e. The van der Waals surface area contributed by atoms with Gasteiger partial charge in [0.2, 0.25) is 5.91 Å². The lowest BCUT2D eigenvalue weighted by Gasteiger charge is -2.08. The highest BCUT2D eigenvalue weighted by atomic mass is 32.2. The number of benzene rings is 3. The van der Waals surface area contributed by atoms with Gasteiger partial charge >= 0.3 is 0 Å². The minimum absolute atomic E-state index is 0.248. The summed E-state index contributed by atoms with van der Waals surface area (Å²) in [5.41, 5.74) is 3.64. The van der Waals surface area contributed by atoms with E-state index in [9.17, 15) is 9.00 Å². The minimum atomic E-state index is -1.26. The van der Waals surface area contributed by atoms with Gasteiger partial charge in [-0.05, 0) is 78.1 Å². The van der Waals surface area contributed by atoms with Gasteiger partial charge in [0.15, 0.2) is 0 Å². The first-order valence-corrected chi connectivity index (χ1v) is 15.6. The number of hydrogen-bond acceptors (Lipinski definition) is 6. The zero-order chi connectivity index (χ0) is 29.6. The smallest absolute Gasteiger partial charge is 0.248 e. The van der Waals surface area contributed by atoms with Gasteiger partial charge < -0.3 is 19.4 Å². The Morgan fingerprint density at radius 2 is 1.76 bits per heavy atom. The van der Waals surface area contributed by atoms with Crippen LogP contribution in [0.15, 0.2) is 90.1 Å². The van der Waals surface area contributed by atoms with E-state index in [-0.39, 0.29) is 5.91 Å². The van der Waals surface area contributed by atoms with Crippen molar-refractivity contribution < 1.29 is 18.5 Å². The Morgan fingerprint density at radius 1 is 0.952 bits per heavy atom. The number of unbranched alkanes of at least 4 members (excludes halogenated alkanes) is 1. The van der Waals surface area contributed by atoms with E-state index in [4.69, 9.17) is 9.47 Å². The summed E-state index contributed by atoms with van der Waals surface area (Å²) in [5, 5.41) is 10.9. The lowest BCUT2D eigenvalue weighted by atomic mass is 10.0. The fourth-order valence-electron chi connectivity index (χ4n) is 4.20. The number of hydrogen-bond donors (Lipinski definition) is 1. The van der Waals surface area contributed by atoms with Gasteiger partial charge in [0.05, 0.1) is 23.2 Å². The van der Waals surface area contributed by atoms with Crippen LogP contribution >= 0.6 is 0 Å². The molecule has 4 rings (SSSR count). The quantitative estimate of drug-likeness (QED) is 0.119. The number of nitrogens with one attached hydrogen (secondary N) is 1. The maximum absolute atomic E-state index is 12.8. The third-order valence-corrected chi connectivity index (χ3v) is 7.76. The van der Waals surface area contributed by atoms with Crippen LogP contribution in [-0.4, -0.2) is 44.7 Å². The van der Waals surface area contributed by atoms with Crippen LogP contribution in [0, 0.1) is 0 Å². The molecule has 1 aromatic heterocycles. The summed E-state index contributed by atoms with van der Waals surface area (Å²) < 4.78 is 26.0. The van der Waals surface area contributed by atoms with Gasteiger partial charge in [0.1, 0.15) is 24.5 Å². The molecule has 0 aliphatic rings. The van der Waals surface area contributed by atoms with E-state index in [1.54, 1.807) is 36.7 Å². The molecule has 0 aliphatic heterocycles. The zero-order valence-electron chi connectivity index (χ0n) is 24.2. The SMILES string of the molecule is CCCCOCCOc1ccc(-c2cccc(/C=C/C(=O)Nc3ccc([S@@](=O)Cc4nncn4CCC)cc3)c2)cc1. The molecule has 8 nitrogen and oxygen atoms in total. The first kappa shape index (κ1) is 30.9. The van der Waals surface area contributed by atoms with Crippen molar-refractivity contribution in [3.8, 4) is 16.9 Å². The Labute approximate surface area is 250 Å². The number of carbonyl (C=O) groups excluding carboxylic acids is 1. The van der Waals surface area contributed by atoms with Gasteiger partial charge in [0.25, 0.3) is 0 Å². The molecule has 0 unspecified atom stereocenters. The van der Waals surface area contributed by atoms with E-state index in [1.165, 1.54) is 6.08 Å². The number of nitrogens with zero attached hydrogens (tertiary/aromatic N) is 3. The molecule has 1 atom stereocenters. The largest absolute Gasteiger partial charge is 0.491 e. The number of aromatic nitrogens is 3. The van der Waals surface area contributed by atoms with Crippen LogP contribution in [-0.2, 0) is 32.6 Å². The summed E-state index contributed by atoms with van der Waals surface area (Å²) in [4.78, 5) is 13.2. The van der Waals surface area contributed by atoms with E-state index in [0.717, 1.165) is 54.9 Å². The number of anilines is 1. The average Bonchev–Trinajstić information content (AvgIpc) is 3.45. The van der Waals surface area contributed by atoms with Crippen molar-refractivity contribution in [2.45, 2.75) is 50.3 Å². The molecule has 0 fully saturated rings. The van der Waals surface area contributed by atoms with E-state index < -0.39 is 10.8 Å². The lowest BCUT2D eigenvalue weighted by Crippen LogP contribution is -2.08. The van der Waals surface area contributed by atoms with Gasteiger partial charge in [-0.3, -0.25) is 9.00 Å². The summed E-state index contributed by atoms with van der Waals surface area (Å²) >= 11 is 0. The minimum Gasteiger partial charge on any atom is -0.491 e. The van der Waals surface area contributed by atoms with Crippen LogP contribution in [0.4, 0.5) is 5.69 Å².